The smallest absolute Gasteiger partial charge is 0.00143 e. The van der Waals surface area contributed by atoms with Crippen LogP contribution in [0.25, 0.3) is 0 Å². The topological polar surface area (TPSA) is 12.0 Å². The second kappa shape index (κ2) is 3.27. The molecule has 2 rings (SSSR count). The molecule has 0 aromatic rings. The van der Waals surface area contributed by atoms with Gasteiger partial charge in [0, 0.05) is 0 Å². The highest BCUT2D eigenvalue weighted by molar-refractivity contribution is 5.04. The van der Waals surface area contributed by atoms with Crippen molar-refractivity contribution in [3.8, 4) is 0 Å². The molecule has 2 aliphatic rings. The Kier molecular flexibility index (Phi) is 2.39. The first-order chi connectivity index (χ1) is 6.13. The first-order valence-electron chi connectivity index (χ1n) is 5.83. The van der Waals surface area contributed by atoms with Crippen LogP contribution < -0.4 is 5.32 Å². The van der Waals surface area contributed by atoms with Gasteiger partial charge >= 0.3 is 0 Å². The summed E-state index contributed by atoms with van der Waals surface area (Å²) in [6, 6.07) is 0. The molecule has 4 atom stereocenters. The van der Waals surface area contributed by atoms with Crippen molar-refractivity contribution in [1.29, 1.82) is 0 Å². The minimum atomic E-state index is 0.883. The van der Waals surface area contributed by atoms with Crippen molar-refractivity contribution in [2.45, 2.75) is 27.7 Å². The van der Waals surface area contributed by atoms with Crippen LogP contribution in [0.15, 0.2) is 0 Å². The van der Waals surface area contributed by atoms with Gasteiger partial charge in [0.2, 0.25) is 0 Å². The lowest BCUT2D eigenvalue weighted by Crippen LogP contribution is -2.50. The van der Waals surface area contributed by atoms with E-state index in [0.717, 1.165) is 35.5 Å². The standard InChI is InChI=1S/C12H23N/c1-7(2)11-9-5-13-6-10(9)12(11)8(3)4/h7-13H,5-6H2,1-4H3. The summed E-state index contributed by atoms with van der Waals surface area (Å²) < 4.78 is 0. The first kappa shape index (κ1) is 9.51. The molecular formula is C12H23N. The van der Waals surface area contributed by atoms with E-state index in [1.165, 1.54) is 13.1 Å². The third-order valence-corrected chi connectivity index (χ3v) is 4.28. The van der Waals surface area contributed by atoms with Crippen LogP contribution in [0, 0.1) is 35.5 Å². The van der Waals surface area contributed by atoms with Gasteiger partial charge in [0.05, 0.1) is 0 Å². The molecule has 1 saturated heterocycles. The van der Waals surface area contributed by atoms with E-state index in [-0.39, 0.29) is 0 Å². The zero-order chi connectivity index (χ0) is 9.59. The Balaban J connectivity index is 2.08. The maximum Gasteiger partial charge on any atom is -0.00143 e. The van der Waals surface area contributed by atoms with E-state index in [9.17, 15) is 0 Å². The summed E-state index contributed by atoms with van der Waals surface area (Å²) in [5.74, 6) is 5.78. The van der Waals surface area contributed by atoms with Gasteiger partial charge in [0.15, 0.2) is 0 Å². The number of fused-ring (bicyclic) bond motifs is 1. The molecule has 0 radical (unpaired) electrons. The molecule has 1 N–H and O–H groups in total. The third-order valence-electron chi connectivity index (χ3n) is 4.28. The Morgan fingerprint density at radius 3 is 1.54 bits per heavy atom. The molecule has 1 aliphatic carbocycles. The Bertz CT molecular complexity index is 166. The summed E-state index contributed by atoms with van der Waals surface area (Å²) in [6.45, 7) is 12.2. The summed E-state index contributed by atoms with van der Waals surface area (Å²) in [7, 11) is 0. The minimum absolute atomic E-state index is 0.883. The van der Waals surface area contributed by atoms with Crippen LogP contribution in [-0.4, -0.2) is 13.1 Å². The molecule has 13 heavy (non-hydrogen) atoms. The van der Waals surface area contributed by atoms with Gasteiger partial charge < -0.3 is 5.32 Å². The SMILES string of the molecule is CC(C)C1C2CNCC2C1C(C)C. The van der Waals surface area contributed by atoms with Crippen molar-refractivity contribution in [3.05, 3.63) is 0 Å². The van der Waals surface area contributed by atoms with E-state index in [1.54, 1.807) is 0 Å². The van der Waals surface area contributed by atoms with Gasteiger partial charge in [-0.25, -0.2) is 0 Å². The molecule has 4 unspecified atom stereocenters. The summed E-state index contributed by atoms with van der Waals surface area (Å²) in [4.78, 5) is 0. The highest BCUT2D eigenvalue weighted by Gasteiger charge is 2.53. The second-order valence-electron chi connectivity index (χ2n) is 5.63. The normalized spacial score (nSPS) is 43.8. The molecule has 2 fully saturated rings. The monoisotopic (exact) mass is 181 g/mol. The van der Waals surface area contributed by atoms with E-state index >= 15 is 0 Å². The summed E-state index contributed by atoms with van der Waals surface area (Å²) in [6.07, 6.45) is 0. The Morgan fingerprint density at radius 2 is 1.23 bits per heavy atom. The van der Waals surface area contributed by atoms with Crippen molar-refractivity contribution in [3.63, 3.8) is 0 Å². The highest BCUT2D eigenvalue weighted by Crippen LogP contribution is 2.54. The molecule has 1 aliphatic heterocycles. The Hall–Kier alpha value is -0.0400. The number of hydrogen-bond acceptors (Lipinski definition) is 1. The van der Waals surface area contributed by atoms with Gasteiger partial charge in [-0.05, 0) is 48.6 Å². The van der Waals surface area contributed by atoms with E-state index < -0.39 is 0 Å². The van der Waals surface area contributed by atoms with Gasteiger partial charge in [-0.15, -0.1) is 0 Å². The highest BCUT2D eigenvalue weighted by atomic mass is 14.9. The van der Waals surface area contributed by atoms with Crippen LogP contribution in [0.1, 0.15) is 27.7 Å². The predicted octanol–water partition coefficient (Wildman–Crippen LogP) is 2.38. The van der Waals surface area contributed by atoms with Gasteiger partial charge in [0.1, 0.15) is 0 Å². The molecule has 1 saturated carbocycles. The fourth-order valence-corrected chi connectivity index (χ4v) is 3.87. The zero-order valence-corrected chi connectivity index (χ0v) is 9.38. The number of hydrogen-bond donors (Lipinski definition) is 1. The van der Waals surface area contributed by atoms with Crippen LogP contribution in [-0.2, 0) is 0 Å². The average Bonchev–Trinajstić information content (AvgIpc) is 2.31. The molecule has 0 bridgehead atoms. The van der Waals surface area contributed by atoms with Crippen LogP contribution in [0.3, 0.4) is 0 Å². The molecule has 76 valence electrons. The predicted molar refractivity (Wildman–Crippen MR) is 56.5 cm³/mol. The fourth-order valence-electron chi connectivity index (χ4n) is 3.87. The van der Waals surface area contributed by atoms with E-state index in [2.05, 4.69) is 33.0 Å². The van der Waals surface area contributed by atoms with Crippen molar-refractivity contribution < 1.29 is 0 Å². The van der Waals surface area contributed by atoms with Crippen molar-refractivity contribution in [2.75, 3.05) is 13.1 Å². The molecule has 1 nitrogen and oxygen atoms in total. The first-order valence-corrected chi connectivity index (χ1v) is 5.83. The largest absolute Gasteiger partial charge is 0.316 e. The maximum absolute atomic E-state index is 3.55. The lowest BCUT2D eigenvalue weighted by molar-refractivity contribution is -0.0456. The van der Waals surface area contributed by atoms with E-state index in [0.29, 0.717) is 0 Å². The van der Waals surface area contributed by atoms with Gasteiger partial charge in [-0.2, -0.15) is 0 Å². The fraction of sp³-hybridized carbons (Fsp3) is 1.00. The quantitative estimate of drug-likeness (QED) is 0.689. The van der Waals surface area contributed by atoms with Gasteiger partial charge in [0.25, 0.3) is 0 Å². The Morgan fingerprint density at radius 1 is 0.846 bits per heavy atom. The molecule has 0 amide bonds. The van der Waals surface area contributed by atoms with Crippen molar-refractivity contribution >= 4 is 0 Å². The molecule has 1 heteroatoms. The van der Waals surface area contributed by atoms with Gasteiger partial charge in [-0.3, -0.25) is 0 Å². The van der Waals surface area contributed by atoms with Crippen LogP contribution in [0.4, 0.5) is 0 Å². The van der Waals surface area contributed by atoms with Crippen LogP contribution in [0.5, 0.6) is 0 Å². The summed E-state index contributed by atoms with van der Waals surface area (Å²) in [5, 5.41) is 3.55. The third kappa shape index (κ3) is 1.32. The lowest BCUT2D eigenvalue weighted by Gasteiger charge is -2.53. The van der Waals surface area contributed by atoms with Gasteiger partial charge in [-0.1, -0.05) is 27.7 Å². The molecule has 0 aromatic carbocycles. The van der Waals surface area contributed by atoms with Crippen LogP contribution >= 0.6 is 0 Å². The number of nitrogens with one attached hydrogen (secondary N) is 1. The van der Waals surface area contributed by atoms with E-state index in [1.807, 2.05) is 0 Å². The average molecular weight is 181 g/mol. The van der Waals surface area contributed by atoms with Crippen LogP contribution in [0.2, 0.25) is 0 Å². The minimum Gasteiger partial charge on any atom is -0.316 e. The van der Waals surface area contributed by atoms with Crippen molar-refractivity contribution in [1.82, 2.24) is 5.32 Å². The van der Waals surface area contributed by atoms with E-state index in [4.69, 9.17) is 0 Å². The zero-order valence-electron chi connectivity index (χ0n) is 9.38. The lowest BCUT2D eigenvalue weighted by atomic mass is 9.51. The summed E-state index contributed by atoms with van der Waals surface area (Å²) in [5.41, 5.74) is 0. The van der Waals surface area contributed by atoms with Crippen molar-refractivity contribution in [2.24, 2.45) is 35.5 Å². The second-order valence-corrected chi connectivity index (χ2v) is 5.63. The summed E-state index contributed by atoms with van der Waals surface area (Å²) >= 11 is 0. The number of rotatable bonds is 2. The molecule has 0 spiro atoms. The maximum atomic E-state index is 3.55. The molecule has 0 aromatic heterocycles. The Labute approximate surface area is 82.3 Å². The molecule has 1 heterocycles. The molecular weight excluding hydrogens is 158 g/mol.